The molecule has 2 aliphatic rings. The summed E-state index contributed by atoms with van der Waals surface area (Å²) >= 11 is 1.88. The first-order valence-corrected chi connectivity index (χ1v) is 10.5. The van der Waals surface area contributed by atoms with E-state index in [2.05, 4.69) is 36.5 Å². The number of benzene rings is 1. The van der Waals surface area contributed by atoms with Crippen LogP contribution in [0.4, 0.5) is 0 Å². The van der Waals surface area contributed by atoms with Crippen LogP contribution >= 0.6 is 24.2 Å². The van der Waals surface area contributed by atoms with Gasteiger partial charge in [0.2, 0.25) is 5.91 Å². The molecule has 2 unspecified atom stereocenters. The second-order valence-corrected chi connectivity index (χ2v) is 8.63. The fourth-order valence-corrected chi connectivity index (χ4v) is 5.09. The monoisotopic (exact) mass is 382 g/mol. The first kappa shape index (κ1) is 20.6. The molecule has 0 radical (unpaired) electrons. The predicted octanol–water partition coefficient (Wildman–Crippen LogP) is 3.92. The third-order valence-corrected chi connectivity index (χ3v) is 6.75. The Kier molecular flexibility index (Phi) is 8.11. The molecule has 140 valence electrons. The third-order valence-electron chi connectivity index (χ3n) is 5.72. The van der Waals surface area contributed by atoms with E-state index in [0.29, 0.717) is 17.9 Å². The molecule has 0 heterocycles. The molecular weight excluding hydrogens is 352 g/mol. The first-order chi connectivity index (χ1) is 11.6. The molecule has 0 spiro atoms. The van der Waals surface area contributed by atoms with Gasteiger partial charge in [0, 0.05) is 30.0 Å². The zero-order valence-corrected chi connectivity index (χ0v) is 16.7. The van der Waals surface area contributed by atoms with Crippen LogP contribution in [0.15, 0.2) is 24.3 Å². The molecule has 1 amide bonds. The maximum Gasteiger partial charge on any atom is 0.223 e. The average molecular weight is 383 g/mol. The molecule has 0 aliphatic heterocycles. The summed E-state index contributed by atoms with van der Waals surface area (Å²) in [6.07, 6.45) is 5.73. The highest BCUT2D eigenvalue weighted by molar-refractivity contribution is 7.98. The number of rotatable bonds is 6. The van der Waals surface area contributed by atoms with E-state index in [9.17, 15) is 4.79 Å². The van der Waals surface area contributed by atoms with Crippen LogP contribution in [0, 0.1) is 24.7 Å². The average Bonchev–Trinajstić information content (AvgIpc) is 2.56. The lowest BCUT2D eigenvalue weighted by atomic mass is 9.65. The highest BCUT2D eigenvalue weighted by Gasteiger charge is 2.40. The van der Waals surface area contributed by atoms with Gasteiger partial charge >= 0.3 is 0 Å². The fourth-order valence-electron chi connectivity index (χ4n) is 4.27. The van der Waals surface area contributed by atoms with Gasteiger partial charge in [0.1, 0.15) is 0 Å². The molecule has 0 saturated heterocycles. The van der Waals surface area contributed by atoms with E-state index >= 15 is 0 Å². The van der Waals surface area contributed by atoms with Crippen molar-refractivity contribution in [1.29, 1.82) is 0 Å². The van der Waals surface area contributed by atoms with Gasteiger partial charge in [-0.2, -0.15) is 11.8 Å². The molecule has 2 fully saturated rings. The van der Waals surface area contributed by atoms with Gasteiger partial charge in [0.15, 0.2) is 0 Å². The van der Waals surface area contributed by atoms with Crippen molar-refractivity contribution in [2.24, 2.45) is 23.5 Å². The number of amides is 1. The Hall–Kier alpha value is -0.710. The molecule has 3 rings (SSSR count). The summed E-state index contributed by atoms with van der Waals surface area (Å²) in [5.41, 5.74) is 8.97. The van der Waals surface area contributed by atoms with Gasteiger partial charge in [-0.05, 0) is 50.0 Å². The number of halogens is 1. The molecule has 3 nitrogen and oxygen atoms in total. The van der Waals surface area contributed by atoms with Crippen LogP contribution in [0.2, 0.25) is 0 Å². The normalized spacial score (nSPS) is 28.1. The van der Waals surface area contributed by atoms with Crippen LogP contribution in [0.3, 0.4) is 0 Å². The van der Waals surface area contributed by atoms with E-state index < -0.39 is 0 Å². The maximum atomic E-state index is 12.4. The highest BCUT2D eigenvalue weighted by atomic mass is 35.5. The number of fused-ring (bicyclic) bond motifs is 2. The lowest BCUT2D eigenvalue weighted by molar-refractivity contribution is -0.127. The number of hydrogen-bond donors (Lipinski definition) is 2. The summed E-state index contributed by atoms with van der Waals surface area (Å²) in [7, 11) is 0. The zero-order chi connectivity index (χ0) is 16.9. The summed E-state index contributed by atoms with van der Waals surface area (Å²) in [5.74, 6) is 3.59. The standard InChI is InChI=1S/C20H30N2OS.ClH/c1-14-5-7-15(8-6-14)13-24-10-9-22-20(23)18-11-16-3-2-4-17(12-18)19(16)21;/h5-8,16-19H,2-4,9-13,21H2,1H3,(H,22,23);1H. The Balaban J connectivity index is 0.00000225. The molecule has 1 aromatic carbocycles. The highest BCUT2D eigenvalue weighted by Crippen LogP contribution is 2.41. The van der Waals surface area contributed by atoms with Crippen molar-refractivity contribution in [3.8, 4) is 0 Å². The zero-order valence-electron chi connectivity index (χ0n) is 15.1. The first-order valence-electron chi connectivity index (χ1n) is 9.30. The Morgan fingerprint density at radius 1 is 1.20 bits per heavy atom. The van der Waals surface area contributed by atoms with Crippen molar-refractivity contribution in [1.82, 2.24) is 5.32 Å². The Morgan fingerprint density at radius 3 is 2.48 bits per heavy atom. The summed E-state index contributed by atoms with van der Waals surface area (Å²) in [5, 5.41) is 3.15. The lowest BCUT2D eigenvalue weighted by Crippen LogP contribution is -2.49. The summed E-state index contributed by atoms with van der Waals surface area (Å²) < 4.78 is 0. The molecule has 5 heteroatoms. The van der Waals surface area contributed by atoms with Crippen LogP contribution in [0.25, 0.3) is 0 Å². The van der Waals surface area contributed by atoms with E-state index in [4.69, 9.17) is 5.73 Å². The molecule has 25 heavy (non-hydrogen) atoms. The van der Waals surface area contributed by atoms with Crippen LogP contribution in [-0.2, 0) is 10.5 Å². The van der Waals surface area contributed by atoms with Gasteiger partial charge < -0.3 is 11.1 Å². The SMILES string of the molecule is Cc1ccc(CSCCNC(=O)C2CC3CCCC(C2)C3N)cc1.Cl. The smallest absolute Gasteiger partial charge is 0.223 e. The second kappa shape index (κ2) is 9.84. The van der Waals surface area contributed by atoms with Crippen molar-refractivity contribution in [3.63, 3.8) is 0 Å². The van der Waals surface area contributed by atoms with Crippen molar-refractivity contribution in [2.45, 2.75) is 50.8 Å². The van der Waals surface area contributed by atoms with Crippen molar-refractivity contribution >= 4 is 30.1 Å². The van der Waals surface area contributed by atoms with E-state index in [1.54, 1.807) is 0 Å². The molecular formula is C20H31ClN2OS. The van der Waals surface area contributed by atoms with Gasteiger partial charge in [-0.3, -0.25) is 4.79 Å². The number of nitrogens with two attached hydrogens (primary N) is 1. The number of carbonyl (C=O) groups is 1. The molecule has 0 aromatic heterocycles. The minimum Gasteiger partial charge on any atom is -0.355 e. The molecule has 3 N–H and O–H groups in total. The molecule has 2 atom stereocenters. The predicted molar refractivity (Wildman–Crippen MR) is 109 cm³/mol. The molecule has 1 aromatic rings. The van der Waals surface area contributed by atoms with Crippen molar-refractivity contribution in [2.75, 3.05) is 12.3 Å². The number of carbonyl (C=O) groups excluding carboxylic acids is 1. The van der Waals surface area contributed by atoms with E-state index in [1.807, 2.05) is 11.8 Å². The van der Waals surface area contributed by atoms with Crippen LogP contribution < -0.4 is 11.1 Å². The fraction of sp³-hybridized carbons (Fsp3) is 0.650. The number of hydrogen-bond acceptors (Lipinski definition) is 3. The Bertz CT molecular complexity index is 537. The topological polar surface area (TPSA) is 55.1 Å². The van der Waals surface area contributed by atoms with Crippen LogP contribution in [-0.4, -0.2) is 24.2 Å². The Labute approximate surface area is 162 Å². The summed E-state index contributed by atoms with van der Waals surface area (Å²) in [4.78, 5) is 12.4. The number of thioether (sulfide) groups is 1. The van der Waals surface area contributed by atoms with Gasteiger partial charge in [-0.15, -0.1) is 12.4 Å². The van der Waals surface area contributed by atoms with Crippen molar-refractivity contribution in [3.05, 3.63) is 35.4 Å². The molecule has 2 bridgehead atoms. The largest absolute Gasteiger partial charge is 0.355 e. The van der Waals surface area contributed by atoms with Gasteiger partial charge in [-0.25, -0.2) is 0 Å². The summed E-state index contributed by atoms with van der Waals surface area (Å²) in [6.45, 7) is 2.88. The minimum absolute atomic E-state index is 0. The number of nitrogens with one attached hydrogen (secondary N) is 1. The maximum absolute atomic E-state index is 12.4. The van der Waals surface area contributed by atoms with E-state index in [1.165, 1.54) is 30.4 Å². The van der Waals surface area contributed by atoms with Gasteiger partial charge in [0.25, 0.3) is 0 Å². The van der Waals surface area contributed by atoms with Gasteiger partial charge in [-0.1, -0.05) is 36.2 Å². The Morgan fingerprint density at radius 2 is 1.84 bits per heavy atom. The van der Waals surface area contributed by atoms with Crippen LogP contribution in [0.5, 0.6) is 0 Å². The molecule has 2 saturated carbocycles. The van der Waals surface area contributed by atoms with Crippen LogP contribution in [0.1, 0.15) is 43.2 Å². The van der Waals surface area contributed by atoms with E-state index in [-0.39, 0.29) is 24.2 Å². The third kappa shape index (κ3) is 5.63. The lowest BCUT2D eigenvalue weighted by Gasteiger charge is -2.43. The second-order valence-electron chi connectivity index (χ2n) is 7.53. The number of aryl methyl sites for hydroxylation is 1. The van der Waals surface area contributed by atoms with Gasteiger partial charge in [0.05, 0.1) is 0 Å². The minimum atomic E-state index is 0. The van der Waals surface area contributed by atoms with E-state index in [0.717, 1.165) is 30.9 Å². The van der Waals surface area contributed by atoms with Crippen molar-refractivity contribution < 1.29 is 4.79 Å². The summed E-state index contributed by atoms with van der Waals surface area (Å²) in [6, 6.07) is 9.02. The quantitative estimate of drug-likeness (QED) is 0.733. The molecule has 2 aliphatic carbocycles.